The van der Waals surface area contributed by atoms with Crippen LogP contribution in [-0.4, -0.2) is 61.3 Å². The van der Waals surface area contributed by atoms with Gasteiger partial charge in [0.25, 0.3) is 0 Å². The lowest BCUT2D eigenvalue weighted by Gasteiger charge is -2.09. The van der Waals surface area contributed by atoms with Gasteiger partial charge in [0.05, 0.1) is 19.3 Å². The monoisotopic (exact) mass is 310 g/mol. The largest absolute Gasteiger partial charge is 0.508 e. The Bertz CT molecular complexity index is 292. The third-order valence-corrected chi connectivity index (χ3v) is 2.04. The summed E-state index contributed by atoms with van der Waals surface area (Å²) in [5.41, 5.74) is 0. The SMILES string of the molecule is CC(O)COC(=O)OCCCCOC(=O)OCC(C)OO. The van der Waals surface area contributed by atoms with E-state index in [2.05, 4.69) is 14.4 Å². The van der Waals surface area contributed by atoms with Crippen molar-refractivity contribution in [3.63, 3.8) is 0 Å². The maximum Gasteiger partial charge on any atom is 0.508 e. The van der Waals surface area contributed by atoms with Gasteiger partial charge in [0, 0.05) is 0 Å². The Labute approximate surface area is 122 Å². The summed E-state index contributed by atoms with van der Waals surface area (Å²) in [6.07, 6.45) is -2.13. The van der Waals surface area contributed by atoms with Crippen LogP contribution in [0, 0.1) is 0 Å². The van der Waals surface area contributed by atoms with E-state index >= 15 is 0 Å². The standard InChI is InChI=1S/C12H22O9/c1-9(13)7-19-11(14)17-5-3-4-6-18-12(15)20-8-10(2)21-16/h9-10,13,16H,3-8H2,1-2H3. The molecule has 0 saturated carbocycles. The van der Waals surface area contributed by atoms with E-state index < -0.39 is 24.5 Å². The highest BCUT2D eigenvalue weighted by atomic mass is 17.1. The van der Waals surface area contributed by atoms with Crippen LogP contribution in [0.3, 0.4) is 0 Å². The predicted octanol–water partition coefficient (Wildman–Crippen LogP) is 1.33. The summed E-state index contributed by atoms with van der Waals surface area (Å²) < 4.78 is 18.6. The highest BCUT2D eigenvalue weighted by Gasteiger charge is 2.09. The molecular formula is C12H22O9. The van der Waals surface area contributed by atoms with Crippen LogP contribution >= 0.6 is 0 Å². The summed E-state index contributed by atoms with van der Waals surface area (Å²) in [4.78, 5) is 25.9. The van der Waals surface area contributed by atoms with E-state index in [-0.39, 0.29) is 26.4 Å². The molecule has 124 valence electrons. The number of aliphatic hydroxyl groups is 1. The molecule has 0 saturated heterocycles. The first-order valence-electron chi connectivity index (χ1n) is 6.53. The summed E-state index contributed by atoms with van der Waals surface area (Å²) in [6.45, 7) is 2.99. The molecule has 2 atom stereocenters. The van der Waals surface area contributed by atoms with E-state index in [0.717, 1.165) is 0 Å². The van der Waals surface area contributed by atoms with Crippen molar-refractivity contribution < 1.29 is 43.8 Å². The molecule has 9 heteroatoms. The molecule has 0 heterocycles. The summed E-state index contributed by atoms with van der Waals surface area (Å²) in [6, 6.07) is 0. The highest BCUT2D eigenvalue weighted by Crippen LogP contribution is 1.97. The van der Waals surface area contributed by atoms with Gasteiger partial charge in [-0.05, 0) is 26.7 Å². The molecule has 9 nitrogen and oxygen atoms in total. The zero-order valence-corrected chi connectivity index (χ0v) is 12.1. The van der Waals surface area contributed by atoms with E-state index in [1.54, 1.807) is 0 Å². The van der Waals surface area contributed by atoms with Crippen LogP contribution in [0.25, 0.3) is 0 Å². The zero-order chi connectivity index (χ0) is 16.1. The summed E-state index contributed by atoms with van der Waals surface area (Å²) in [7, 11) is 0. The Morgan fingerprint density at radius 1 is 0.905 bits per heavy atom. The van der Waals surface area contributed by atoms with Gasteiger partial charge in [-0.15, -0.1) is 0 Å². The minimum atomic E-state index is -0.865. The lowest BCUT2D eigenvalue weighted by molar-refractivity contribution is -0.280. The molecule has 0 aromatic heterocycles. The van der Waals surface area contributed by atoms with Gasteiger partial charge in [0.15, 0.2) is 0 Å². The number of carbonyl (C=O) groups excluding carboxylic acids is 2. The van der Waals surface area contributed by atoms with Crippen LogP contribution in [0.15, 0.2) is 0 Å². The maximum atomic E-state index is 11.0. The molecule has 0 amide bonds. The third kappa shape index (κ3) is 13.2. The molecule has 2 N–H and O–H groups in total. The third-order valence-electron chi connectivity index (χ3n) is 2.04. The van der Waals surface area contributed by atoms with Gasteiger partial charge in [-0.3, -0.25) is 5.26 Å². The van der Waals surface area contributed by atoms with Crippen LogP contribution in [0.2, 0.25) is 0 Å². The lowest BCUT2D eigenvalue weighted by atomic mass is 10.3. The average Bonchev–Trinajstić information content (AvgIpc) is 2.45. The van der Waals surface area contributed by atoms with Crippen molar-refractivity contribution in [3.8, 4) is 0 Å². The normalized spacial score (nSPS) is 13.1. The fourth-order valence-corrected chi connectivity index (χ4v) is 1.00. The molecule has 0 aliphatic carbocycles. The van der Waals surface area contributed by atoms with E-state index in [4.69, 9.17) is 19.8 Å². The van der Waals surface area contributed by atoms with Gasteiger partial charge in [-0.25, -0.2) is 14.5 Å². The summed E-state index contributed by atoms with van der Waals surface area (Å²) >= 11 is 0. The van der Waals surface area contributed by atoms with E-state index in [0.29, 0.717) is 12.8 Å². The van der Waals surface area contributed by atoms with E-state index in [9.17, 15) is 9.59 Å². The topological polar surface area (TPSA) is 121 Å². The second-order valence-corrected chi connectivity index (χ2v) is 4.29. The zero-order valence-electron chi connectivity index (χ0n) is 12.1. The van der Waals surface area contributed by atoms with Crippen LogP contribution < -0.4 is 0 Å². The molecule has 0 spiro atoms. The predicted molar refractivity (Wildman–Crippen MR) is 68.7 cm³/mol. The number of hydrogen-bond acceptors (Lipinski definition) is 9. The van der Waals surface area contributed by atoms with Crippen molar-refractivity contribution in [2.24, 2.45) is 0 Å². The summed E-state index contributed by atoms with van der Waals surface area (Å²) in [5, 5.41) is 17.1. The van der Waals surface area contributed by atoms with Gasteiger partial charge in [0.2, 0.25) is 0 Å². The fourth-order valence-electron chi connectivity index (χ4n) is 1.00. The number of ether oxygens (including phenoxy) is 4. The first-order valence-corrected chi connectivity index (χ1v) is 6.53. The molecule has 2 unspecified atom stereocenters. The smallest absolute Gasteiger partial charge is 0.434 e. The number of hydrogen-bond donors (Lipinski definition) is 2. The van der Waals surface area contributed by atoms with Crippen molar-refractivity contribution in [2.75, 3.05) is 26.4 Å². The number of rotatable bonds is 10. The van der Waals surface area contributed by atoms with Crippen molar-refractivity contribution in [2.45, 2.75) is 38.9 Å². The second-order valence-electron chi connectivity index (χ2n) is 4.29. The molecule has 0 aliphatic heterocycles. The molecular weight excluding hydrogens is 288 g/mol. The van der Waals surface area contributed by atoms with Crippen molar-refractivity contribution in [1.82, 2.24) is 0 Å². The first kappa shape index (κ1) is 19.4. The minimum absolute atomic E-state index is 0.110. The Morgan fingerprint density at radius 3 is 1.81 bits per heavy atom. The van der Waals surface area contributed by atoms with Crippen molar-refractivity contribution >= 4 is 12.3 Å². The number of unbranched alkanes of at least 4 members (excludes halogenated alkanes) is 1. The molecule has 21 heavy (non-hydrogen) atoms. The minimum Gasteiger partial charge on any atom is -0.434 e. The lowest BCUT2D eigenvalue weighted by Crippen LogP contribution is -2.19. The van der Waals surface area contributed by atoms with Gasteiger partial charge in [-0.2, -0.15) is 0 Å². The molecule has 0 aliphatic rings. The van der Waals surface area contributed by atoms with Crippen LogP contribution in [-0.2, 0) is 23.8 Å². The Hall–Kier alpha value is -1.58. The van der Waals surface area contributed by atoms with E-state index in [1.807, 2.05) is 0 Å². The van der Waals surface area contributed by atoms with Gasteiger partial charge < -0.3 is 24.1 Å². The molecule has 0 fully saturated rings. The van der Waals surface area contributed by atoms with Crippen molar-refractivity contribution in [3.05, 3.63) is 0 Å². The Balaban J connectivity index is 3.39. The van der Waals surface area contributed by atoms with E-state index in [1.165, 1.54) is 13.8 Å². The molecule has 0 radical (unpaired) electrons. The average molecular weight is 310 g/mol. The molecule has 0 aromatic carbocycles. The van der Waals surface area contributed by atoms with Gasteiger partial charge >= 0.3 is 12.3 Å². The van der Waals surface area contributed by atoms with Crippen LogP contribution in [0.5, 0.6) is 0 Å². The second kappa shape index (κ2) is 12.2. The van der Waals surface area contributed by atoms with Crippen molar-refractivity contribution in [1.29, 1.82) is 0 Å². The molecule has 0 rings (SSSR count). The summed E-state index contributed by atoms with van der Waals surface area (Å²) in [5.74, 6) is 0. The quantitative estimate of drug-likeness (QED) is 0.266. The Morgan fingerprint density at radius 2 is 1.38 bits per heavy atom. The molecule has 0 aromatic rings. The first-order chi connectivity index (χ1) is 9.95. The Kier molecular flexibility index (Phi) is 11.3. The van der Waals surface area contributed by atoms with Gasteiger partial charge in [0.1, 0.15) is 19.3 Å². The molecule has 0 bridgehead atoms. The van der Waals surface area contributed by atoms with Crippen LogP contribution in [0.1, 0.15) is 26.7 Å². The fraction of sp³-hybridized carbons (Fsp3) is 0.833. The maximum absolute atomic E-state index is 11.0. The van der Waals surface area contributed by atoms with Gasteiger partial charge in [-0.1, -0.05) is 0 Å². The number of carbonyl (C=O) groups is 2. The highest BCUT2D eigenvalue weighted by molar-refractivity contribution is 5.60. The van der Waals surface area contributed by atoms with Crippen LogP contribution in [0.4, 0.5) is 9.59 Å². The number of aliphatic hydroxyl groups excluding tert-OH is 1.